The molecule has 0 spiro atoms. The molecule has 0 saturated carbocycles. The van der Waals surface area contributed by atoms with E-state index in [0.717, 1.165) is 0 Å². The molecule has 2 amide bonds. The van der Waals surface area contributed by atoms with Crippen LogP contribution in [0.2, 0.25) is 0 Å². The van der Waals surface area contributed by atoms with Crippen LogP contribution in [0.1, 0.15) is 22.8 Å². The first-order valence-corrected chi connectivity index (χ1v) is 6.81. The van der Waals surface area contributed by atoms with E-state index >= 15 is 0 Å². The summed E-state index contributed by atoms with van der Waals surface area (Å²) in [7, 11) is 0. The van der Waals surface area contributed by atoms with Crippen LogP contribution in [0.3, 0.4) is 0 Å². The van der Waals surface area contributed by atoms with Crippen molar-refractivity contribution in [3.8, 4) is 0 Å². The van der Waals surface area contributed by atoms with Gasteiger partial charge < -0.3 is 10.6 Å². The Morgan fingerprint density at radius 2 is 1.57 bits per heavy atom. The summed E-state index contributed by atoms with van der Waals surface area (Å²) in [5, 5.41) is 16.3. The standard InChI is InChI=1S/C16H15N3O4/c1-10-4-3-5-14(15(10)19(22)23)16(21)18-13-8-6-12(7-9-13)17-11(2)20/h3-9H,1-2H3,(H,17,20)(H,18,21). The van der Waals surface area contributed by atoms with Crippen molar-refractivity contribution in [2.24, 2.45) is 0 Å². The Bertz CT molecular complexity index is 769. The molecule has 0 bridgehead atoms. The van der Waals surface area contributed by atoms with Crippen molar-refractivity contribution in [2.45, 2.75) is 13.8 Å². The number of hydrogen-bond acceptors (Lipinski definition) is 4. The highest BCUT2D eigenvalue weighted by atomic mass is 16.6. The third kappa shape index (κ3) is 3.91. The molecule has 2 rings (SSSR count). The van der Waals surface area contributed by atoms with Gasteiger partial charge in [0.2, 0.25) is 5.91 Å². The van der Waals surface area contributed by atoms with E-state index in [2.05, 4.69) is 10.6 Å². The largest absolute Gasteiger partial charge is 0.326 e. The number of benzene rings is 2. The smallest absolute Gasteiger partial charge is 0.285 e. The lowest BCUT2D eigenvalue weighted by Crippen LogP contribution is -2.14. The lowest BCUT2D eigenvalue weighted by atomic mass is 10.1. The maximum atomic E-state index is 12.3. The van der Waals surface area contributed by atoms with Crippen LogP contribution >= 0.6 is 0 Å². The first-order chi connectivity index (χ1) is 10.9. The zero-order chi connectivity index (χ0) is 17.0. The van der Waals surface area contributed by atoms with Crippen LogP contribution in [0.25, 0.3) is 0 Å². The van der Waals surface area contributed by atoms with E-state index in [0.29, 0.717) is 16.9 Å². The average Bonchev–Trinajstić information content (AvgIpc) is 2.48. The zero-order valence-corrected chi connectivity index (χ0v) is 12.6. The fraction of sp³-hybridized carbons (Fsp3) is 0.125. The van der Waals surface area contributed by atoms with Gasteiger partial charge in [0, 0.05) is 23.9 Å². The lowest BCUT2D eigenvalue weighted by molar-refractivity contribution is -0.385. The van der Waals surface area contributed by atoms with E-state index in [1.807, 2.05) is 0 Å². The van der Waals surface area contributed by atoms with Gasteiger partial charge in [0.15, 0.2) is 0 Å². The summed E-state index contributed by atoms with van der Waals surface area (Å²) in [5.41, 5.74) is 1.28. The summed E-state index contributed by atoms with van der Waals surface area (Å²) >= 11 is 0. The Balaban J connectivity index is 2.21. The molecule has 0 fully saturated rings. The quantitative estimate of drug-likeness (QED) is 0.668. The first-order valence-electron chi connectivity index (χ1n) is 6.81. The normalized spacial score (nSPS) is 10.0. The van der Waals surface area contributed by atoms with Gasteiger partial charge in [-0.15, -0.1) is 0 Å². The van der Waals surface area contributed by atoms with Gasteiger partial charge >= 0.3 is 0 Å². The van der Waals surface area contributed by atoms with E-state index < -0.39 is 10.8 Å². The number of nitro groups is 1. The van der Waals surface area contributed by atoms with Gasteiger partial charge in [0.25, 0.3) is 11.6 Å². The van der Waals surface area contributed by atoms with Crippen molar-refractivity contribution in [1.29, 1.82) is 0 Å². The Hall–Kier alpha value is -3.22. The number of rotatable bonds is 4. The van der Waals surface area contributed by atoms with E-state index in [1.165, 1.54) is 13.0 Å². The number of hydrogen-bond donors (Lipinski definition) is 2. The molecule has 0 heterocycles. The van der Waals surface area contributed by atoms with Crippen molar-refractivity contribution in [3.05, 3.63) is 63.7 Å². The number of aryl methyl sites for hydroxylation is 1. The number of carbonyl (C=O) groups excluding carboxylic acids is 2. The van der Waals surface area contributed by atoms with E-state index in [4.69, 9.17) is 0 Å². The third-order valence-electron chi connectivity index (χ3n) is 3.13. The van der Waals surface area contributed by atoms with Crippen molar-refractivity contribution in [3.63, 3.8) is 0 Å². The van der Waals surface area contributed by atoms with Crippen LogP contribution in [-0.2, 0) is 4.79 Å². The highest BCUT2D eigenvalue weighted by Gasteiger charge is 2.22. The summed E-state index contributed by atoms with van der Waals surface area (Å²) in [6.07, 6.45) is 0. The summed E-state index contributed by atoms with van der Waals surface area (Å²) in [6.45, 7) is 2.98. The van der Waals surface area contributed by atoms with Crippen molar-refractivity contribution in [1.82, 2.24) is 0 Å². The van der Waals surface area contributed by atoms with E-state index in [-0.39, 0.29) is 17.2 Å². The lowest BCUT2D eigenvalue weighted by Gasteiger charge is -2.08. The molecule has 0 aliphatic rings. The third-order valence-corrected chi connectivity index (χ3v) is 3.13. The molecule has 7 nitrogen and oxygen atoms in total. The first kappa shape index (κ1) is 16.2. The highest BCUT2D eigenvalue weighted by molar-refractivity contribution is 6.07. The van der Waals surface area contributed by atoms with Crippen LogP contribution in [0.4, 0.5) is 17.1 Å². The fourth-order valence-electron chi connectivity index (χ4n) is 2.12. The summed E-state index contributed by atoms with van der Waals surface area (Å²) in [4.78, 5) is 33.8. The Kier molecular flexibility index (Phi) is 4.70. The number of para-hydroxylation sites is 1. The number of anilines is 2. The SMILES string of the molecule is CC(=O)Nc1ccc(NC(=O)c2cccc(C)c2[N+](=O)[O-])cc1. The predicted octanol–water partition coefficient (Wildman–Crippen LogP) is 3.11. The summed E-state index contributed by atoms with van der Waals surface area (Å²) in [5.74, 6) is -0.759. The van der Waals surface area contributed by atoms with Gasteiger partial charge in [-0.2, -0.15) is 0 Å². The molecule has 2 N–H and O–H groups in total. The summed E-state index contributed by atoms with van der Waals surface area (Å²) in [6, 6.07) is 11.0. The van der Waals surface area contributed by atoms with Gasteiger partial charge in [0.1, 0.15) is 5.56 Å². The van der Waals surface area contributed by atoms with Gasteiger partial charge in [-0.25, -0.2) is 0 Å². The summed E-state index contributed by atoms with van der Waals surface area (Å²) < 4.78 is 0. The van der Waals surface area contributed by atoms with Crippen LogP contribution in [0.5, 0.6) is 0 Å². The molecular weight excluding hydrogens is 298 g/mol. The van der Waals surface area contributed by atoms with Crippen LogP contribution in [0, 0.1) is 17.0 Å². The minimum atomic E-state index is -0.565. The second-order valence-electron chi connectivity index (χ2n) is 4.94. The number of amides is 2. The second-order valence-corrected chi connectivity index (χ2v) is 4.94. The Morgan fingerprint density at radius 3 is 2.09 bits per heavy atom. The number of nitrogens with one attached hydrogen (secondary N) is 2. The molecule has 0 unspecified atom stereocenters. The molecule has 7 heteroatoms. The maximum absolute atomic E-state index is 12.3. The molecule has 0 saturated heterocycles. The molecule has 0 atom stereocenters. The van der Waals surface area contributed by atoms with Crippen LogP contribution in [-0.4, -0.2) is 16.7 Å². The predicted molar refractivity (Wildman–Crippen MR) is 86.5 cm³/mol. The molecule has 0 aliphatic heterocycles. The van der Waals surface area contributed by atoms with Gasteiger partial charge in [0.05, 0.1) is 4.92 Å². The molecule has 0 aromatic heterocycles. The Labute approximate surface area is 132 Å². The average molecular weight is 313 g/mol. The minimum absolute atomic E-state index is 0.000868. The van der Waals surface area contributed by atoms with Crippen molar-refractivity contribution < 1.29 is 14.5 Å². The minimum Gasteiger partial charge on any atom is -0.326 e. The molecule has 118 valence electrons. The zero-order valence-electron chi connectivity index (χ0n) is 12.6. The molecule has 0 radical (unpaired) electrons. The van der Waals surface area contributed by atoms with Crippen LogP contribution in [0.15, 0.2) is 42.5 Å². The molecule has 2 aromatic rings. The second kappa shape index (κ2) is 6.69. The van der Waals surface area contributed by atoms with Crippen molar-refractivity contribution in [2.75, 3.05) is 10.6 Å². The topological polar surface area (TPSA) is 101 Å². The number of carbonyl (C=O) groups is 2. The fourth-order valence-corrected chi connectivity index (χ4v) is 2.12. The number of nitro benzene ring substituents is 1. The van der Waals surface area contributed by atoms with Crippen LogP contribution < -0.4 is 10.6 Å². The van der Waals surface area contributed by atoms with Gasteiger partial charge in [-0.1, -0.05) is 12.1 Å². The van der Waals surface area contributed by atoms with E-state index in [9.17, 15) is 19.7 Å². The van der Waals surface area contributed by atoms with Crippen molar-refractivity contribution >= 4 is 28.9 Å². The van der Waals surface area contributed by atoms with Gasteiger partial charge in [-0.05, 0) is 37.3 Å². The molecule has 0 aliphatic carbocycles. The maximum Gasteiger partial charge on any atom is 0.285 e. The van der Waals surface area contributed by atoms with Gasteiger partial charge in [-0.3, -0.25) is 19.7 Å². The van der Waals surface area contributed by atoms with E-state index in [1.54, 1.807) is 43.3 Å². The molecule has 23 heavy (non-hydrogen) atoms. The Morgan fingerprint density at radius 1 is 1.00 bits per heavy atom. The monoisotopic (exact) mass is 313 g/mol. The highest BCUT2D eigenvalue weighted by Crippen LogP contribution is 2.24. The molecule has 2 aromatic carbocycles. The number of nitrogens with zero attached hydrogens (tertiary/aromatic N) is 1. The molecular formula is C16H15N3O4.